The summed E-state index contributed by atoms with van der Waals surface area (Å²) in [5.41, 5.74) is 2.06. The topological polar surface area (TPSA) is 27.7 Å². The van der Waals surface area contributed by atoms with E-state index in [1.807, 2.05) is 61.5 Å². The van der Waals surface area contributed by atoms with Crippen molar-refractivity contribution in [3.05, 3.63) is 65.7 Å². The molecule has 0 aliphatic heterocycles. The van der Waals surface area contributed by atoms with Crippen LogP contribution >= 0.6 is 0 Å². The third-order valence-corrected chi connectivity index (χ3v) is 3.39. The monoisotopic (exact) mass is 272 g/mol. The van der Waals surface area contributed by atoms with Crippen LogP contribution in [0.25, 0.3) is 0 Å². The lowest BCUT2D eigenvalue weighted by molar-refractivity contribution is -0.201. The Hall–Kier alpha value is -1.84. The largest absolute Gasteiger partial charge is 0.489 e. The van der Waals surface area contributed by atoms with Crippen LogP contribution in [0.3, 0.4) is 0 Å². The van der Waals surface area contributed by atoms with Gasteiger partial charge in [0.15, 0.2) is 5.79 Å². The fraction of sp³-hybridized carbons (Fsp3) is 0.294. The predicted molar refractivity (Wildman–Crippen MR) is 78.6 cm³/mol. The predicted octanol–water partition coefficient (Wildman–Crippen LogP) is 3.73. The Labute approximate surface area is 120 Å². The van der Waals surface area contributed by atoms with Crippen LogP contribution in [0.15, 0.2) is 54.6 Å². The van der Waals surface area contributed by atoms with E-state index in [0.717, 1.165) is 16.9 Å². The van der Waals surface area contributed by atoms with Crippen molar-refractivity contribution < 1.29 is 14.2 Å². The summed E-state index contributed by atoms with van der Waals surface area (Å²) in [5.74, 6) is 0.0400. The molecule has 3 nitrogen and oxygen atoms in total. The van der Waals surface area contributed by atoms with Crippen LogP contribution in [0.4, 0.5) is 0 Å². The minimum atomic E-state index is -0.758. The van der Waals surface area contributed by atoms with Gasteiger partial charge in [0.25, 0.3) is 0 Å². The molecular weight excluding hydrogens is 252 g/mol. The van der Waals surface area contributed by atoms with Gasteiger partial charge in [0.1, 0.15) is 12.4 Å². The maximum absolute atomic E-state index is 5.81. The Bertz CT molecular complexity index is 533. The van der Waals surface area contributed by atoms with Gasteiger partial charge in [-0.1, -0.05) is 42.5 Å². The first-order chi connectivity index (χ1) is 9.68. The molecule has 0 N–H and O–H groups in total. The molecular formula is C17H20O3. The van der Waals surface area contributed by atoms with Gasteiger partial charge in [-0.05, 0) is 24.6 Å². The zero-order chi connectivity index (χ0) is 14.4. The van der Waals surface area contributed by atoms with Gasteiger partial charge in [-0.3, -0.25) is 0 Å². The normalized spacial score (nSPS) is 11.3. The third-order valence-electron chi connectivity index (χ3n) is 3.39. The van der Waals surface area contributed by atoms with Crippen molar-refractivity contribution in [3.8, 4) is 5.75 Å². The molecule has 2 aromatic rings. The Balaban J connectivity index is 2.10. The molecule has 106 valence electrons. The van der Waals surface area contributed by atoms with Crippen molar-refractivity contribution >= 4 is 0 Å². The summed E-state index contributed by atoms with van der Waals surface area (Å²) in [7, 11) is 3.25. The van der Waals surface area contributed by atoms with E-state index in [1.54, 1.807) is 14.2 Å². The fourth-order valence-electron chi connectivity index (χ4n) is 1.93. The van der Waals surface area contributed by atoms with E-state index in [1.165, 1.54) is 0 Å². The molecule has 0 radical (unpaired) electrons. The van der Waals surface area contributed by atoms with Crippen molar-refractivity contribution in [1.29, 1.82) is 0 Å². The van der Waals surface area contributed by atoms with Crippen molar-refractivity contribution in [2.75, 3.05) is 14.2 Å². The minimum absolute atomic E-state index is 0.543. The summed E-state index contributed by atoms with van der Waals surface area (Å²) in [6.07, 6.45) is 0. The SMILES string of the molecule is COC(C)(OC)c1cccc(OCc2ccccc2)c1. The second kappa shape index (κ2) is 6.55. The van der Waals surface area contributed by atoms with Crippen molar-refractivity contribution in [2.45, 2.75) is 19.3 Å². The highest BCUT2D eigenvalue weighted by Crippen LogP contribution is 2.28. The molecule has 0 saturated heterocycles. The van der Waals surface area contributed by atoms with Crippen LogP contribution in [0.5, 0.6) is 5.75 Å². The van der Waals surface area contributed by atoms with Crippen LogP contribution in [0.1, 0.15) is 18.1 Å². The molecule has 0 saturated carbocycles. The molecule has 0 atom stereocenters. The number of rotatable bonds is 6. The highest BCUT2D eigenvalue weighted by atomic mass is 16.7. The van der Waals surface area contributed by atoms with E-state index in [0.29, 0.717) is 6.61 Å². The second-order valence-corrected chi connectivity index (χ2v) is 4.66. The number of methoxy groups -OCH3 is 2. The molecule has 2 rings (SSSR count). The molecule has 20 heavy (non-hydrogen) atoms. The van der Waals surface area contributed by atoms with E-state index < -0.39 is 5.79 Å². The molecule has 2 aromatic carbocycles. The average Bonchev–Trinajstić information content (AvgIpc) is 2.53. The zero-order valence-corrected chi connectivity index (χ0v) is 12.1. The highest BCUT2D eigenvalue weighted by Gasteiger charge is 2.25. The van der Waals surface area contributed by atoms with E-state index in [2.05, 4.69) is 0 Å². The van der Waals surface area contributed by atoms with Crippen LogP contribution in [-0.4, -0.2) is 14.2 Å². The Morgan fingerprint density at radius 3 is 2.25 bits per heavy atom. The van der Waals surface area contributed by atoms with Gasteiger partial charge in [0, 0.05) is 19.8 Å². The summed E-state index contributed by atoms with van der Waals surface area (Å²) in [6, 6.07) is 17.8. The van der Waals surface area contributed by atoms with E-state index >= 15 is 0 Å². The maximum Gasteiger partial charge on any atom is 0.191 e. The fourth-order valence-corrected chi connectivity index (χ4v) is 1.93. The molecule has 0 bridgehead atoms. The van der Waals surface area contributed by atoms with Gasteiger partial charge in [0.2, 0.25) is 0 Å². The standard InChI is InChI=1S/C17H20O3/c1-17(18-2,19-3)15-10-7-11-16(12-15)20-13-14-8-5-4-6-9-14/h4-12H,13H2,1-3H3. The molecule has 0 spiro atoms. The molecule has 3 heteroatoms. The van der Waals surface area contributed by atoms with Crippen molar-refractivity contribution in [2.24, 2.45) is 0 Å². The van der Waals surface area contributed by atoms with Gasteiger partial charge < -0.3 is 14.2 Å². The van der Waals surface area contributed by atoms with Gasteiger partial charge in [0.05, 0.1) is 0 Å². The summed E-state index contributed by atoms with van der Waals surface area (Å²) >= 11 is 0. The first kappa shape index (κ1) is 14.6. The Morgan fingerprint density at radius 2 is 1.60 bits per heavy atom. The van der Waals surface area contributed by atoms with Gasteiger partial charge in [-0.25, -0.2) is 0 Å². The molecule has 0 unspecified atom stereocenters. The van der Waals surface area contributed by atoms with Gasteiger partial charge in [-0.2, -0.15) is 0 Å². The van der Waals surface area contributed by atoms with Gasteiger partial charge >= 0.3 is 0 Å². The second-order valence-electron chi connectivity index (χ2n) is 4.66. The lowest BCUT2D eigenvalue weighted by Gasteiger charge is -2.27. The van der Waals surface area contributed by atoms with Crippen LogP contribution in [0, 0.1) is 0 Å². The first-order valence-corrected chi connectivity index (χ1v) is 6.55. The third kappa shape index (κ3) is 3.38. The van der Waals surface area contributed by atoms with E-state index in [9.17, 15) is 0 Å². The number of hydrogen-bond donors (Lipinski definition) is 0. The molecule has 0 amide bonds. The molecule has 0 aromatic heterocycles. The average molecular weight is 272 g/mol. The smallest absolute Gasteiger partial charge is 0.191 e. The molecule has 0 fully saturated rings. The first-order valence-electron chi connectivity index (χ1n) is 6.55. The van der Waals surface area contributed by atoms with Gasteiger partial charge in [-0.15, -0.1) is 0 Å². The lowest BCUT2D eigenvalue weighted by Crippen LogP contribution is -2.26. The van der Waals surface area contributed by atoms with Crippen LogP contribution in [-0.2, 0) is 21.9 Å². The van der Waals surface area contributed by atoms with Crippen molar-refractivity contribution in [3.63, 3.8) is 0 Å². The lowest BCUT2D eigenvalue weighted by atomic mass is 10.1. The zero-order valence-electron chi connectivity index (χ0n) is 12.1. The van der Waals surface area contributed by atoms with E-state index in [-0.39, 0.29) is 0 Å². The van der Waals surface area contributed by atoms with Crippen LogP contribution in [0.2, 0.25) is 0 Å². The summed E-state index contributed by atoms with van der Waals surface area (Å²) in [6.45, 7) is 2.42. The maximum atomic E-state index is 5.81. The summed E-state index contributed by atoms with van der Waals surface area (Å²) in [4.78, 5) is 0. The quantitative estimate of drug-likeness (QED) is 0.750. The Morgan fingerprint density at radius 1 is 0.900 bits per heavy atom. The number of ether oxygens (including phenoxy) is 3. The highest BCUT2D eigenvalue weighted by molar-refractivity contribution is 5.31. The molecule has 0 aliphatic rings. The summed E-state index contributed by atoms with van der Waals surface area (Å²) in [5, 5.41) is 0. The Kier molecular flexibility index (Phi) is 4.77. The number of hydrogen-bond acceptors (Lipinski definition) is 3. The summed E-state index contributed by atoms with van der Waals surface area (Å²) < 4.78 is 16.6. The number of benzene rings is 2. The molecule has 0 aliphatic carbocycles. The van der Waals surface area contributed by atoms with Crippen LogP contribution < -0.4 is 4.74 Å². The minimum Gasteiger partial charge on any atom is -0.489 e. The molecule has 0 heterocycles. The van der Waals surface area contributed by atoms with Crippen molar-refractivity contribution in [1.82, 2.24) is 0 Å². The van der Waals surface area contributed by atoms with E-state index in [4.69, 9.17) is 14.2 Å².